The number of ether oxygens (including phenoxy) is 2. The van der Waals surface area contributed by atoms with Crippen LogP contribution in [-0.4, -0.2) is 51.3 Å². The van der Waals surface area contributed by atoms with Gasteiger partial charge in [-0.15, -0.1) is 0 Å². The number of hydrogen-bond donors (Lipinski definition) is 0. The smallest absolute Gasteiger partial charge is 0.411 e. The van der Waals surface area contributed by atoms with Crippen LogP contribution >= 0.6 is 0 Å². The third-order valence-electron chi connectivity index (χ3n) is 4.55. The van der Waals surface area contributed by atoms with E-state index in [-0.39, 0.29) is 18.2 Å². The Labute approximate surface area is 147 Å². The molecule has 4 rings (SSSR count). The van der Waals surface area contributed by atoms with Crippen molar-refractivity contribution in [3.63, 3.8) is 0 Å². The maximum absolute atomic E-state index is 12.6. The highest BCUT2D eigenvalue weighted by Gasteiger charge is 2.40. The number of carbonyl (C=O) groups excluding carboxylic acids is 1. The zero-order valence-electron chi connectivity index (χ0n) is 14.8. The fourth-order valence-corrected chi connectivity index (χ4v) is 3.56. The predicted molar refractivity (Wildman–Crippen MR) is 94.3 cm³/mol. The van der Waals surface area contributed by atoms with E-state index in [4.69, 9.17) is 9.47 Å². The molecule has 1 saturated heterocycles. The van der Waals surface area contributed by atoms with Gasteiger partial charge >= 0.3 is 6.09 Å². The first-order chi connectivity index (χ1) is 11.9. The van der Waals surface area contributed by atoms with Crippen molar-refractivity contribution in [1.82, 2.24) is 14.3 Å². The van der Waals surface area contributed by atoms with E-state index in [1.54, 1.807) is 0 Å². The number of nitrogens with zero attached hydrogens (tertiary/aromatic N) is 3. The third-order valence-corrected chi connectivity index (χ3v) is 4.55. The molecule has 0 spiro atoms. The summed E-state index contributed by atoms with van der Waals surface area (Å²) >= 11 is 0. The highest BCUT2D eigenvalue weighted by molar-refractivity contribution is 5.74. The van der Waals surface area contributed by atoms with E-state index < -0.39 is 5.60 Å². The summed E-state index contributed by atoms with van der Waals surface area (Å²) in [5, 5.41) is 0. The normalized spacial score (nSPS) is 23.5. The maximum Gasteiger partial charge on any atom is 0.411 e. The van der Waals surface area contributed by atoms with E-state index in [2.05, 4.69) is 15.5 Å². The van der Waals surface area contributed by atoms with Crippen LogP contribution in [0.5, 0.6) is 0 Å². The molecule has 6 nitrogen and oxygen atoms in total. The molecule has 2 aliphatic rings. The van der Waals surface area contributed by atoms with E-state index in [0.29, 0.717) is 13.2 Å². The average molecular weight is 341 g/mol. The van der Waals surface area contributed by atoms with Crippen LogP contribution in [0.4, 0.5) is 4.79 Å². The highest BCUT2D eigenvalue weighted by atomic mass is 16.6. The monoisotopic (exact) mass is 341 g/mol. The van der Waals surface area contributed by atoms with Gasteiger partial charge in [-0.1, -0.05) is 12.1 Å². The Morgan fingerprint density at radius 1 is 1.32 bits per heavy atom. The Morgan fingerprint density at radius 2 is 2.16 bits per heavy atom. The first-order valence-electron chi connectivity index (χ1n) is 8.64. The topological polar surface area (TPSA) is 56.1 Å². The minimum absolute atomic E-state index is 0.0112. The molecule has 2 aromatic rings. The zero-order chi connectivity index (χ0) is 17.6. The molecule has 6 heteroatoms. The van der Waals surface area contributed by atoms with E-state index in [1.807, 2.05) is 56.3 Å². The molecular formula is C19H23N3O3. The fourth-order valence-electron chi connectivity index (χ4n) is 3.56. The van der Waals surface area contributed by atoms with Crippen LogP contribution in [0.15, 0.2) is 36.7 Å². The quantitative estimate of drug-likeness (QED) is 0.800. The lowest BCUT2D eigenvalue weighted by atomic mass is 9.93. The summed E-state index contributed by atoms with van der Waals surface area (Å²) in [4.78, 5) is 18.9. The van der Waals surface area contributed by atoms with Crippen LogP contribution in [0.3, 0.4) is 0 Å². The molecule has 0 aliphatic carbocycles. The van der Waals surface area contributed by atoms with Gasteiger partial charge in [-0.3, -0.25) is 4.90 Å². The largest absolute Gasteiger partial charge is 0.444 e. The number of rotatable bonds is 1. The van der Waals surface area contributed by atoms with E-state index in [0.717, 1.165) is 17.8 Å². The number of imidazole rings is 1. The van der Waals surface area contributed by atoms with Crippen molar-refractivity contribution in [2.45, 2.75) is 44.9 Å². The van der Waals surface area contributed by atoms with Crippen LogP contribution in [-0.2, 0) is 9.47 Å². The van der Waals surface area contributed by atoms with Crippen LogP contribution < -0.4 is 0 Å². The number of morpholine rings is 1. The molecule has 2 bridgehead atoms. The van der Waals surface area contributed by atoms with Gasteiger partial charge in [0.15, 0.2) is 0 Å². The SMILES string of the molecule is CC(C)(C)OC(=O)N1C2C=C(c3cnc4ccccn34)CC1COC2. The number of pyridine rings is 1. The molecule has 1 fully saturated rings. The minimum atomic E-state index is -0.502. The molecule has 0 aromatic carbocycles. The Kier molecular flexibility index (Phi) is 3.80. The molecule has 4 heterocycles. The molecule has 2 aromatic heterocycles. The molecule has 132 valence electrons. The summed E-state index contributed by atoms with van der Waals surface area (Å²) < 4.78 is 13.4. The van der Waals surface area contributed by atoms with Gasteiger partial charge < -0.3 is 13.9 Å². The van der Waals surface area contributed by atoms with Gasteiger partial charge in [0, 0.05) is 6.20 Å². The molecule has 2 atom stereocenters. The zero-order valence-corrected chi connectivity index (χ0v) is 14.8. The summed E-state index contributed by atoms with van der Waals surface area (Å²) in [6.45, 7) is 6.70. The lowest BCUT2D eigenvalue weighted by Gasteiger charge is -2.44. The highest BCUT2D eigenvalue weighted by Crippen LogP contribution is 2.33. The fraction of sp³-hybridized carbons (Fsp3) is 0.474. The second kappa shape index (κ2) is 5.88. The number of amides is 1. The van der Waals surface area contributed by atoms with Crippen molar-refractivity contribution in [3.8, 4) is 0 Å². The molecule has 0 N–H and O–H groups in total. The number of fused-ring (bicyclic) bond motifs is 3. The summed E-state index contributed by atoms with van der Waals surface area (Å²) in [6.07, 6.45) is 6.51. The van der Waals surface area contributed by atoms with Crippen molar-refractivity contribution >= 4 is 17.3 Å². The average Bonchev–Trinajstić information content (AvgIpc) is 2.96. The first kappa shape index (κ1) is 16.1. The number of aromatic nitrogens is 2. The standard InChI is InChI=1S/C19H23N3O3/c1-19(2,3)25-18(23)22-14-8-13(9-15(22)12-24-11-14)16-10-20-17-6-4-5-7-21(16)17/h4-8,10,14-15H,9,11-12H2,1-3H3. The predicted octanol–water partition coefficient (Wildman–Crippen LogP) is 3.13. The second-order valence-corrected chi connectivity index (χ2v) is 7.61. The molecule has 2 aliphatic heterocycles. The Balaban J connectivity index is 1.66. The lowest BCUT2D eigenvalue weighted by molar-refractivity contribution is -0.0511. The molecule has 25 heavy (non-hydrogen) atoms. The molecule has 1 amide bonds. The van der Waals surface area contributed by atoms with Crippen molar-refractivity contribution in [2.75, 3.05) is 13.2 Å². The van der Waals surface area contributed by atoms with Crippen LogP contribution in [0.1, 0.15) is 32.9 Å². The Hall–Kier alpha value is -2.34. The van der Waals surface area contributed by atoms with Crippen LogP contribution in [0.25, 0.3) is 11.2 Å². The van der Waals surface area contributed by atoms with Gasteiger partial charge in [0.05, 0.1) is 37.2 Å². The number of carbonyl (C=O) groups is 1. The number of hydrogen-bond acceptors (Lipinski definition) is 4. The molecule has 0 saturated carbocycles. The molecule has 2 unspecified atom stereocenters. The lowest BCUT2D eigenvalue weighted by Crippen LogP contribution is -2.57. The third kappa shape index (κ3) is 3.02. The summed E-state index contributed by atoms with van der Waals surface area (Å²) in [6, 6.07) is 5.85. The van der Waals surface area contributed by atoms with Gasteiger partial charge in [0.25, 0.3) is 0 Å². The van der Waals surface area contributed by atoms with Crippen LogP contribution in [0.2, 0.25) is 0 Å². The summed E-state index contributed by atoms with van der Waals surface area (Å²) in [5.74, 6) is 0. The van der Waals surface area contributed by atoms with Gasteiger partial charge in [-0.25, -0.2) is 9.78 Å². The summed E-state index contributed by atoms with van der Waals surface area (Å²) in [5.41, 5.74) is 2.71. The second-order valence-electron chi connectivity index (χ2n) is 7.61. The van der Waals surface area contributed by atoms with Crippen molar-refractivity contribution in [2.24, 2.45) is 0 Å². The molecule has 0 radical (unpaired) electrons. The molecular weight excluding hydrogens is 318 g/mol. The summed E-state index contributed by atoms with van der Waals surface area (Å²) in [7, 11) is 0. The Bertz CT molecular complexity index is 834. The van der Waals surface area contributed by atoms with Gasteiger partial charge in [0.2, 0.25) is 0 Å². The van der Waals surface area contributed by atoms with Crippen molar-refractivity contribution in [3.05, 3.63) is 42.4 Å². The Morgan fingerprint density at radius 3 is 2.92 bits per heavy atom. The van der Waals surface area contributed by atoms with Crippen molar-refractivity contribution in [1.29, 1.82) is 0 Å². The van der Waals surface area contributed by atoms with E-state index in [9.17, 15) is 4.79 Å². The maximum atomic E-state index is 12.6. The first-order valence-corrected chi connectivity index (χ1v) is 8.64. The van der Waals surface area contributed by atoms with Gasteiger partial charge in [-0.05, 0) is 44.9 Å². The van der Waals surface area contributed by atoms with Gasteiger partial charge in [-0.2, -0.15) is 0 Å². The van der Waals surface area contributed by atoms with Crippen LogP contribution in [0, 0.1) is 0 Å². The van der Waals surface area contributed by atoms with E-state index in [1.165, 1.54) is 5.57 Å². The van der Waals surface area contributed by atoms with Crippen molar-refractivity contribution < 1.29 is 14.3 Å². The minimum Gasteiger partial charge on any atom is -0.444 e. The van der Waals surface area contributed by atoms with Gasteiger partial charge in [0.1, 0.15) is 11.2 Å². The van der Waals surface area contributed by atoms with E-state index >= 15 is 0 Å².